The maximum atomic E-state index is 5.46. The van der Waals surface area contributed by atoms with Crippen molar-refractivity contribution in [3.63, 3.8) is 0 Å². The summed E-state index contributed by atoms with van der Waals surface area (Å²) < 4.78 is 0. The molecule has 0 aromatic carbocycles. The molecule has 90 valence electrons. The lowest BCUT2D eigenvalue weighted by atomic mass is 10.1. The number of unbranched alkanes of at least 4 members (excludes halogenated alkanes) is 3. The Hall–Kier alpha value is -0.960. The molecule has 0 radical (unpaired) electrons. The Bertz CT molecular complexity index is 334. The molecular formula is C13H23N3. The largest absolute Gasteiger partial charge is 0.330 e. The molecule has 0 saturated heterocycles. The summed E-state index contributed by atoms with van der Waals surface area (Å²) in [4.78, 5) is 9.11. The first-order valence-electron chi connectivity index (χ1n) is 6.16. The molecule has 16 heavy (non-hydrogen) atoms. The van der Waals surface area contributed by atoms with Crippen LogP contribution in [0.3, 0.4) is 0 Å². The zero-order valence-corrected chi connectivity index (χ0v) is 10.7. The van der Waals surface area contributed by atoms with Gasteiger partial charge in [-0.2, -0.15) is 0 Å². The Morgan fingerprint density at radius 1 is 0.812 bits per heavy atom. The van der Waals surface area contributed by atoms with Crippen LogP contribution in [0.2, 0.25) is 0 Å². The van der Waals surface area contributed by atoms with E-state index in [9.17, 15) is 0 Å². The molecule has 0 amide bonds. The summed E-state index contributed by atoms with van der Waals surface area (Å²) in [5.41, 5.74) is 9.81. The monoisotopic (exact) mass is 221 g/mol. The molecule has 0 saturated carbocycles. The molecule has 2 N–H and O–H groups in total. The Kier molecular flexibility index (Phi) is 5.39. The van der Waals surface area contributed by atoms with E-state index in [1.54, 1.807) is 0 Å². The molecule has 1 aromatic heterocycles. The minimum Gasteiger partial charge on any atom is -0.330 e. The van der Waals surface area contributed by atoms with Gasteiger partial charge in [-0.25, -0.2) is 0 Å². The van der Waals surface area contributed by atoms with Crippen LogP contribution >= 0.6 is 0 Å². The van der Waals surface area contributed by atoms with E-state index in [-0.39, 0.29) is 0 Å². The number of hydrogen-bond donors (Lipinski definition) is 1. The van der Waals surface area contributed by atoms with Crippen LogP contribution < -0.4 is 5.73 Å². The van der Waals surface area contributed by atoms with Crippen molar-refractivity contribution in [3.8, 4) is 0 Å². The first-order chi connectivity index (χ1) is 7.65. The smallest absolute Gasteiger partial charge is 0.0619 e. The SMILES string of the molecule is Cc1nc(C)c(CCCCCCN)nc1C. The van der Waals surface area contributed by atoms with Gasteiger partial charge in [-0.05, 0) is 46.6 Å². The fourth-order valence-corrected chi connectivity index (χ4v) is 1.79. The van der Waals surface area contributed by atoms with Crippen LogP contribution in [0.25, 0.3) is 0 Å². The van der Waals surface area contributed by atoms with Crippen LogP contribution in [0.1, 0.15) is 48.5 Å². The van der Waals surface area contributed by atoms with E-state index in [4.69, 9.17) is 5.73 Å². The fourth-order valence-electron chi connectivity index (χ4n) is 1.79. The van der Waals surface area contributed by atoms with Crippen LogP contribution in [-0.4, -0.2) is 16.5 Å². The number of rotatable bonds is 6. The number of nitrogens with zero attached hydrogens (tertiary/aromatic N) is 2. The summed E-state index contributed by atoms with van der Waals surface area (Å²) in [7, 11) is 0. The maximum Gasteiger partial charge on any atom is 0.0619 e. The number of aryl methyl sites for hydroxylation is 4. The van der Waals surface area contributed by atoms with Gasteiger partial charge in [0.25, 0.3) is 0 Å². The molecule has 0 fully saturated rings. The van der Waals surface area contributed by atoms with E-state index in [1.165, 1.54) is 19.3 Å². The topological polar surface area (TPSA) is 51.8 Å². The lowest BCUT2D eigenvalue weighted by Crippen LogP contribution is -2.03. The second-order valence-corrected chi connectivity index (χ2v) is 4.38. The highest BCUT2D eigenvalue weighted by Gasteiger charge is 2.04. The van der Waals surface area contributed by atoms with Crippen LogP contribution in [0.15, 0.2) is 0 Å². The molecule has 1 aromatic rings. The summed E-state index contributed by atoms with van der Waals surface area (Å²) in [5, 5.41) is 0. The third kappa shape index (κ3) is 3.89. The predicted octanol–water partition coefficient (Wildman–Crippen LogP) is 2.46. The minimum atomic E-state index is 0.808. The first-order valence-corrected chi connectivity index (χ1v) is 6.16. The zero-order chi connectivity index (χ0) is 12.0. The summed E-state index contributed by atoms with van der Waals surface area (Å²) in [5.74, 6) is 0. The minimum absolute atomic E-state index is 0.808. The van der Waals surface area contributed by atoms with Crippen molar-refractivity contribution in [2.24, 2.45) is 5.73 Å². The van der Waals surface area contributed by atoms with Gasteiger partial charge >= 0.3 is 0 Å². The van der Waals surface area contributed by atoms with Crippen LogP contribution in [-0.2, 0) is 6.42 Å². The summed E-state index contributed by atoms with van der Waals surface area (Å²) in [6.07, 6.45) is 5.85. The Morgan fingerprint density at radius 2 is 1.44 bits per heavy atom. The molecule has 0 atom stereocenters. The average molecular weight is 221 g/mol. The van der Waals surface area contributed by atoms with Crippen LogP contribution in [0.4, 0.5) is 0 Å². The normalized spacial score (nSPS) is 10.8. The Morgan fingerprint density at radius 3 is 2.12 bits per heavy atom. The predicted molar refractivity (Wildman–Crippen MR) is 67.5 cm³/mol. The third-order valence-electron chi connectivity index (χ3n) is 2.95. The summed E-state index contributed by atoms with van der Waals surface area (Å²) in [6.45, 7) is 6.90. The van der Waals surface area contributed by atoms with E-state index < -0.39 is 0 Å². The van der Waals surface area contributed by atoms with Crippen LogP contribution in [0, 0.1) is 20.8 Å². The quantitative estimate of drug-likeness (QED) is 0.751. The standard InChI is InChI=1S/C13H23N3/c1-10-11(2)16-13(12(3)15-10)8-6-4-5-7-9-14/h4-9,14H2,1-3H3. The molecular weight excluding hydrogens is 198 g/mol. The van der Waals surface area contributed by atoms with Crippen molar-refractivity contribution >= 4 is 0 Å². The Balaban J connectivity index is 2.45. The van der Waals surface area contributed by atoms with Crippen molar-refractivity contribution in [1.82, 2.24) is 9.97 Å². The van der Waals surface area contributed by atoms with Gasteiger partial charge in [-0.15, -0.1) is 0 Å². The molecule has 0 unspecified atom stereocenters. The zero-order valence-electron chi connectivity index (χ0n) is 10.7. The number of hydrogen-bond acceptors (Lipinski definition) is 3. The van der Waals surface area contributed by atoms with Crippen LogP contribution in [0.5, 0.6) is 0 Å². The van der Waals surface area contributed by atoms with Crippen molar-refractivity contribution in [2.75, 3.05) is 6.54 Å². The van der Waals surface area contributed by atoms with E-state index in [0.717, 1.165) is 42.2 Å². The summed E-state index contributed by atoms with van der Waals surface area (Å²) in [6, 6.07) is 0. The fraction of sp³-hybridized carbons (Fsp3) is 0.692. The molecule has 0 bridgehead atoms. The highest BCUT2D eigenvalue weighted by molar-refractivity contribution is 5.17. The van der Waals surface area contributed by atoms with E-state index >= 15 is 0 Å². The van der Waals surface area contributed by atoms with Gasteiger partial charge in [0.15, 0.2) is 0 Å². The van der Waals surface area contributed by atoms with E-state index in [1.807, 2.05) is 13.8 Å². The lowest BCUT2D eigenvalue weighted by Gasteiger charge is -2.07. The number of nitrogens with two attached hydrogens (primary N) is 1. The van der Waals surface area contributed by atoms with E-state index in [0.29, 0.717) is 0 Å². The van der Waals surface area contributed by atoms with Gasteiger partial charge in [0.1, 0.15) is 0 Å². The van der Waals surface area contributed by atoms with Crippen molar-refractivity contribution in [1.29, 1.82) is 0 Å². The van der Waals surface area contributed by atoms with Gasteiger partial charge < -0.3 is 5.73 Å². The molecule has 3 nitrogen and oxygen atoms in total. The second kappa shape index (κ2) is 6.59. The molecule has 0 aliphatic carbocycles. The average Bonchev–Trinajstić information content (AvgIpc) is 2.25. The van der Waals surface area contributed by atoms with Gasteiger partial charge in [0.2, 0.25) is 0 Å². The van der Waals surface area contributed by atoms with Crippen molar-refractivity contribution in [2.45, 2.75) is 52.9 Å². The van der Waals surface area contributed by atoms with Crippen molar-refractivity contribution in [3.05, 3.63) is 22.8 Å². The number of aromatic nitrogens is 2. The third-order valence-corrected chi connectivity index (χ3v) is 2.95. The van der Waals surface area contributed by atoms with Gasteiger partial charge in [-0.1, -0.05) is 12.8 Å². The molecule has 3 heteroatoms. The summed E-state index contributed by atoms with van der Waals surface area (Å²) >= 11 is 0. The molecule has 0 aliphatic heterocycles. The highest BCUT2D eigenvalue weighted by Crippen LogP contribution is 2.11. The molecule has 1 heterocycles. The Labute approximate surface area is 98.5 Å². The maximum absolute atomic E-state index is 5.46. The molecule has 0 aliphatic rings. The lowest BCUT2D eigenvalue weighted by molar-refractivity contribution is 0.638. The van der Waals surface area contributed by atoms with Gasteiger partial charge in [0.05, 0.1) is 22.8 Å². The second-order valence-electron chi connectivity index (χ2n) is 4.38. The van der Waals surface area contributed by atoms with E-state index in [2.05, 4.69) is 16.9 Å². The first kappa shape index (κ1) is 13.1. The molecule has 0 spiro atoms. The van der Waals surface area contributed by atoms with Gasteiger partial charge in [0, 0.05) is 0 Å². The van der Waals surface area contributed by atoms with Gasteiger partial charge in [-0.3, -0.25) is 9.97 Å². The van der Waals surface area contributed by atoms with Crippen molar-refractivity contribution < 1.29 is 0 Å². The highest BCUT2D eigenvalue weighted by atomic mass is 14.8. The molecule has 1 rings (SSSR count).